The number of rotatable bonds is 1. The van der Waals surface area contributed by atoms with Gasteiger partial charge in [0.1, 0.15) is 5.82 Å². The lowest BCUT2D eigenvalue weighted by Gasteiger charge is -2.33. The highest BCUT2D eigenvalue weighted by atomic mass is 15.2. The van der Waals surface area contributed by atoms with Crippen LogP contribution in [0.4, 0.5) is 5.82 Å². The van der Waals surface area contributed by atoms with Crippen molar-refractivity contribution in [3.8, 4) is 0 Å². The third-order valence-electron chi connectivity index (χ3n) is 2.65. The Bertz CT molecular complexity index is 311. The highest BCUT2D eigenvalue weighted by Gasteiger charge is 2.17. The molecule has 0 amide bonds. The van der Waals surface area contributed by atoms with Crippen LogP contribution in [0.3, 0.4) is 0 Å². The van der Waals surface area contributed by atoms with Crippen LogP contribution in [-0.2, 0) is 0 Å². The molecule has 14 heavy (non-hydrogen) atoms. The van der Waals surface area contributed by atoms with E-state index < -0.39 is 0 Å². The molecule has 0 radical (unpaired) electrons. The van der Waals surface area contributed by atoms with Crippen LogP contribution in [0.1, 0.15) is 12.5 Å². The normalized spacial score (nSPS) is 22.4. The average molecular weight is 191 g/mol. The fourth-order valence-electron chi connectivity index (χ4n) is 1.93. The molecule has 3 nitrogen and oxygen atoms in total. The predicted octanol–water partition coefficient (Wildman–Crippen LogP) is 1.19. The molecule has 1 aliphatic heterocycles. The second-order valence-electron chi connectivity index (χ2n) is 3.95. The number of piperazine rings is 1. The first-order chi connectivity index (χ1) is 6.77. The van der Waals surface area contributed by atoms with E-state index in [2.05, 4.69) is 35.1 Å². The molecular weight excluding hydrogens is 174 g/mol. The smallest absolute Gasteiger partial charge is 0.131 e. The Hall–Kier alpha value is -1.09. The van der Waals surface area contributed by atoms with Gasteiger partial charge in [-0.1, -0.05) is 6.07 Å². The zero-order valence-electron chi connectivity index (χ0n) is 8.83. The third-order valence-corrected chi connectivity index (χ3v) is 2.65. The van der Waals surface area contributed by atoms with Crippen LogP contribution >= 0.6 is 0 Å². The summed E-state index contributed by atoms with van der Waals surface area (Å²) in [5.74, 6) is 1.14. The summed E-state index contributed by atoms with van der Waals surface area (Å²) < 4.78 is 0. The van der Waals surface area contributed by atoms with Gasteiger partial charge >= 0.3 is 0 Å². The fraction of sp³-hybridized carbons (Fsp3) is 0.545. The molecule has 1 N–H and O–H groups in total. The number of nitrogens with one attached hydrogen (secondary N) is 1. The molecule has 0 bridgehead atoms. The molecule has 0 aromatic carbocycles. The number of pyridine rings is 1. The molecule has 0 aliphatic carbocycles. The van der Waals surface area contributed by atoms with Gasteiger partial charge in [-0.2, -0.15) is 0 Å². The van der Waals surface area contributed by atoms with Crippen molar-refractivity contribution in [3.05, 3.63) is 23.9 Å². The highest BCUT2D eigenvalue weighted by molar-refractivity contribution is 5.46. The average Bonchev–Trinajstić information content (AvgIpc) is 2.18. The SMILES string of the molecule is Cc1cccnc1N1CCN[C@@H](C)C1. The topological polar surface area (TPSA) is 28.2 Å². The van der Waals surface area contributed by atoms with Crippen LogP contribution in [0.2, 0.25) is 0 Å². The van der Waals surface area contributed by atoms with Gasteiger partial charge in [0.05, 0.1) is 0 Å². The van der Waals surface area contributed by atoms with Crippen LogP contribution in [0.25, 0.3) is 0 Å². The first-order valence-electron chi connectivity index (χ1n) is 5.17. The van der Waals surface area contributed by atoms with Crippen molar-refractivity contribution in [2.24, 2.45) is 0 Å². The number of hydrogen-bond donors (Lipinski definition) is 1. The van der Waals surface area contributed by atoms with Crippen LogP contribution in [0.5, 0.6) is 0 Å². The lowest BCUT2D eigenvalue weighted by molar-refractivity contribution is 0.482. The summed E-state index contributed by atoms with van der Waals surface area (Å²) in [6.45, 7) is 7.50. The van der Waals surface area contributed by atoms with Crippen molar-refractivity contribution in [2.75, 3.05) is 24.5 Å². The number of hydrogen-bond acceptors (Lipinski definition) is 3. The molecule has 1 saturated heterocycles. The minimum atomic E-state index is 0.560. The number of anilines is 1. The van der Waals surface area contributed by atoms with Gasteiger partial charge in [0, 0.05) is 31.9 Å². The van der Waals surface area contributed by atoms with Crippen LogP contribution in [0.15, 0.2) is 18.3 Å². The maximum atomic E-state index is 4.43. The van der Waals surface area contributed by atoms with Crippen molar-refractivity contribution in [2.45, 2.75) is 19.9 Å². The molecule has 2 rings (SSSR count). The molecule has 0 unspecified atom stereocenters. The van der Waals surface area contributed by atoms with E-state index in [1.165, 1.54) is 5.56 Å². The molecule has 2 heterocycles. The molecule has 0 saturated carbocycles. The van der Waals surface area contributed by atoms with Crippen molar-refractivity contribution < 1.29 is 0 Å². The monoisotopic (exact) mass is 191 g/mol. The van der Waals surface area contributed by atoms with E-state index in [1.807, 2.05) is 12.3 Å². The molecule has 3 heteroatoms. The molecule has 76 valence electrons. The van der Waals surface area contributed by atoms with Gasteiger partial charge in [0.25, 0.3) is 0 Å². The summed E-state index contributed by atoms with van der Waals surface area (Å²) >= 11 is 0. The third kappa shape index (κ3) is 1.87. The Balaban J connectivity index is 2.18. The molecule has 0 spiro atoms. The Morgan fingerprint density at radius 1 is 1.57 bits per heavy atom. The van der Waals surface area contributed by atoms with E-state index in [0.717, 1.165) is 25.5 Å². The van der Waals surface area contributed by atoms with Gasteiger partial charge in [0.15, 0.2) is 0 Å². The summed E-state index contributed by atoms with van der Waals surface area (Å²) in [5, 5.41) is 3.43. The molecule has 1 atom stereocenters. The first kappa shape index (κ1) is 9.46. The Labute approximate surface area is 85.1 Å². The molecular formula is C11H17N3. The highest BCUT2D eigenvalue weighted by Crippen LogP contribution is 2.16. The van der Waals surface area contributed by atoms with E-state index in [-0.39, 0.29) is 0 Å². The minimum Gasteiger partial charge on any atom is -0.354 e. The summed E-state index contributed by atoms with van der Waals surface area (Å²) in [7, 11) is 0. The quantitative estimate of drug-likeness (QED) is 0.722. The zero-order chi connectivity index (χ0) is 9.97. The van der Waals surface area contributed by atoms with Crippen LogP contribution in [-0.4, -0.2) is 30.7 Å². The van der Waals surface area contributed by atoms with Crippen molar-refractivity contribution in [1.29, 1.82) is 0 Å². The summed E-state index contributed by atoms with van der Waals surface area (Å²) in [5.41, 5.74) is 1.27. The van der Waals surface area contributed by atoms with Crippen molar-refractivity contribution in [1.82, 2.24) is 10.3 Å². The van der Waals surface area contributed by atoms with E-state index in [0.29, 0.717) is 6.04 Å². The first-order valence-corrected chi connectivity index (χ1v) is 5.17. The second kappa shape index (κ2) is 3.96. The molecule has 1 aromatic rings. The van der Waals surface area contributed by atoms with Crippen LogP contribution < -0.4 is 10.2 Å². The summed E-state index contributed by atoms with van der Waals surface area (Å²) in [6, 6.07) is 4.67. The van der Waals surface area contributed by atoms with E-state index in [4.69, 9.17) is 0 Å². The van der Waals surface area contributed by atoms with Gasteiger partial charge in [0.2, 0.25) is 0 Å². The summed E-state index contributed by atoms with van der Waals surface area (Å²) in [6.07, 6.45) is 1.87. The number of nitrogens with zero attached hydrogens (tertiary/aromatic N) is 2. The minimum absolute atomic E-state index is 0.560. The van der Waals surface area contributed by atoms with Gasteiger partial charge in [-0.15, -0.1) is 0 Å². The Morgan fingerprint density at radius 3 is 3.14 bits per heavy atom. The lowest BCUT2D eigenvalue weighted by Crippen LogP contribution is -2.49. The van der Waals surface area contributed by atoms with Crippen molar-refractivity contribution in [3.63, 3.8) is 0 Å². The van der Waals surface area contributed by atoms with Gasteiger partial charge in [-0.25, -0.2) is 4.98 Å². The van der Waals surface area contributed by atoms with Crippen LogP contribution in [0, 0.1) is 6.92 Å². The van der Waals surface area contributed by atoms with Gasteiger partial charge in [-0.3, -0.25) is 0 Å². The molecule has 1 fully saturated rings. The van der Waals surface area contributed by atoms with Gasteiger partial charge in [-0.05, 0) is 25.5 Å². The number of aryl methyl sites for hydroxylation is 1. The summed E-state index contributed by atoms with van der Waals surface area (Å²) in [4.78, 5) is 6.79. The predicted molar refractivity (Wildman–Crippen MR) is 58.7 cm³/mol. The molecule has 1 aliphatic rings. The van der Waals surface area contributed by atoms with E-state index in [9.17, 15) is 0 Å². The second-order valence-corrected chi connectivity index (χ2v) is 3.95. The molecule has 1 aromatic heterocycles. The maximum absolute atomic E-state index is 4.43. The Kier molecular flexibility index (Phi) is 2.68. The maximum Gasteiger partial charge on any atom is 0.131 e. The van der Waals surface area contributed by atoms with E-state index in [1.54, 1.807) is 0 Å². The van der Waals surface area contributed by atoms with E-state index >= 15 is 0 Å². The Morgan fingerprint density at radius 2 is 2.43 bits per heavy atom. The van der Waals surface area contributed by atoms with Crippen molar-refractivity contribution >= 4 is 5.82 Å². The fourth-order valence-corrected chi connectivity index (χ4v) is 1.93. The standard InChI is InChI=1S/C11H17N3/c1-9-4-3-5-13-11(9)14-7-6-12-10(2)8-14/h3-5,10,12H,6-8H2,1-2H3/t10-/m0/s1. The largest absolute Gasteiger partial charge is 0.354 e. The van der Waals surface area contributed by atoms with Gasteiger partial charge < -0.3 is 10.2 Å². The zero-order valence-corrected chi connectivity index (χ0v) is 8.83. The lowest BCUT2D eigenvalue weighted by atomic mass is 10.2. The number of aromatic nitrogens is 1.